The number of carbonyl (C=O) groups is 1. The van der Waals surface area contributed by atoms with Crippen molar-refractivity contribution in [3.63, 3.8) is 0 Å². The van der Waals surface area contributed by atoms with Crippen LogP contribution in [0.15, 0.2) is 36.4 Å². The van der Waals surface area contributed by atoms with Gasteiger partial charge in [-0.05, 0) is 38.1 Å². The summed E-state index contributed by atoms with van der Waals surface area (Å²) in [7, 11) is 1.39. The number of rotatable bonds is 6. The molecule has 0 fully saturated rings. The number of thiazole rings is 1. The summed E-state index contributed by atoms with van der Waals surface area (Å²) >= 11 is 1.59. The molecule has 0 radical (unpaired) electrons. The van der Waals surface area contributed by atoms with Crippen molar-refractivity contribution in [1.29, 1.82) is 0 Å². The van der Waals surface area contributed by atoms with E-state index in [1.807, 2.05) is 25.1 Å². The van der Waals surface area contributed by atoms with E-state index in [0.29, 0.717) is 5.69 Å². The predicted molar refractivity (Wildman–Crippen MR) is 106 cm³/mol. The van der Waals surface area contributed by atoms with Gasteiger partial charge in [-0.1, -0.05) is 0 Å². The minimum Gasteiger partial charge on any atom is -0.494 e. The molecule has 3 aromatic rings. The first-order valence-electron chi connectivity index (χ1n) is 8.14. The molecule has 0 saturated carbocycles. The van der Waals surface area contributed by atoms with Crippen LogP contribution >= 0.6 is 11.3 Å². The Hall–Kier alpha value is -3.20. The van der Waals surface area contributed by atoms with E-state index >= 15 is 0 Å². The first kappa shape index (κ1) is 18.6. The van der Waals surface area contributed by atoms with E-state index in [9.17, 15) is 14.9 Å². The highest BCUT2D eigenvalue weighted by Crippen LogP contribution is 2.29. The molecule has 3 rings (SSSR count). The molecule has 1 aromatic heterocycles. The number of nitro benzene ring substituents is 1. The number of hydrogen-bond donors (Lipinski definition) is 2. The van der Waals surface area contributed by atoms with Crippen LogP contribution in [-0.4, -0.2) is 29.0 Å². The standard InChI is InChI=1S/C18H18N4O4S/c1-10(19-12-4-6-15-17(8-12)27-11(2)20-15)18(23)21-14-7-5-13(22(24)25)9-16(14)26-3/h4-10,19H,1-3H3,(H,21,23)/t10-/m1/s1. The number of methoxy groups -OCH3 is 1. The van der Waals surface area contributed by atoms with Crippen molar-refractivity contribution in [2.24, 2.45) is 0 Å². The largest absolute Gasteiger partial charge is 0.494 e. The van der Waals surface area contributed by atoms with Crippen LogP contribution < -0.4 is 15.4 Å². The van der Waals surface area contributed by atoms with Crippen LogP contribution in [0.3, 0.4) is 0 Å². The summed E-state index contributed by atoms with van der Waals surface area (Å²) in [4.78, 5) is 27.3. The molecule has 1 amide bonds. The second-order valence-corrected chi connectivity index (χ2v) is 7.15. The fraction of sp³-hybridized carbons (Fsp3) is 0.222. The lowest BCUT2D eigenvalue weighted by atomic mass is 10.2. The van der Waals surface area contributed by atoms with E-state index in [0.717, 1.165) is 20.9 Å². The Morgan fingerprint density at radius 3 is 2.78 bits per heavy atom. The molecule has 9 heteroatoms. The Bertz CT molecular complexity index is 1020. The van der Waals surface area contributed by atoms with Crippen molar-refractivity contribution < 1.29 is 14.5 Å². The third-order valence-corrected chi connectivity index (χ3v) is 4.86. The van der Waals surface area contributed by atoms with Gasteiger partial charge in [-0.3, -0.25) is 14.9 Å². The van der Waals surface area contributed by atoms with Crippen LogP contribution in [0.2, 0.25) is 0 Å². The molecular formula is C18H18N4O4S. The number of aromatic nitrogens is 1. The van der Waals surface area contributed by atoms with Gasteiger partial charge in [0.25, 0.3) is 5.69 Å². The van der Waals surface area contributed by atoms with Gasteiger partial charge in [0.2, 0.25) is 5.91 Å². The number of benzene rings is 2. The lowest BCUT2D eigenvalue weighted by molar-refractivity contribution is -0.384. The zero-order chi connectivity index (χ0) is 19.6. The Labute approximate surface area is 159 Å². The van der Waals surface area contributed by atoms with Crippen molar-refractivity contribution in [3.8, 4) is 5.75 Å². The molecule has 8 nitrogen and oxygen atoms in total. The molecule has 0 spiro atoms. The molecule has 27 heavy (non-hydrogen) atoms. The summed E-state index contributed by atoms with van der Waals surface area (Å²) in [6.07, 6.45) is 0. The summed E-state index contributed by atoms with van der Waals surface area (Å²) in [5.41, 5.74) is 2.00. The van der Waals surface area contributed by atoms with E-state index < -0.39 is 11.0 Å². The molecule has 2 N–H and O–H groups in total. The Morgan fingerprint density at radius 1 is 1.30 bits per heavy atom. The van der Waals surface area contributed by atoms with Gasteiger partial charge in [-0.25, -0.2) is 4.98 Å². The van der Waals surface area contributed by atoms with Crippen molar-refractivity contribution in [1.82, 2.24) is 4.98 Å². The number of anilines is 2. The minimum absolute atomic E-state index is 0.107. The minimum atomic E-state index is -0.531. The number of amides is 1. The Morgan fingerprint density at radius 2 is 2.07 bits per heavy atom. The molecule has 0 aliphatic heterocycles. The van der Waals surface area contributed by atoms with Crippen molar-refractivity contribution in [2.75, 3.05) is 17.7 Å². The van der Waals surface area contributed by atoms with Gasteiger partial charge in [-0.2, -0.15) is 0 Å². The zero-order valence-corrected chi connectivity index (χ0v) is 15.8. The van der Waals surface area contributed by atoms with Gasteiger partial charge < -0.3 is 15.4 Å². The zero-order valence-electron chi connectivity index (χ0n) is 15.0. The monoisotopic (exact) mass is 386 g/mol. The lowest BCUT2D eigenvalue weighted by Crippen LogP contribution is -2.32. The number of nitro groups is 1. The first-order chi connectivity index (χ1) is 12.9. The number of fused-ring (bicyclic) bond motifs is 1. The normalized spacial score (nSPS) is 11.8. The van der Waals surface area contributed by atoms with Crippen LogP contribution in [-0.2, 0) is 4.79 Å². The molecular weight excluding hydrogens is 368 g/mol. The van der Waals surface area contributed by atoms with E-state index in [1.165, 1.54) is 25.3 Å². The number of nitrogens with zero attached hydrogens (tertiary/aromatic N) is 2. The predicted octanol–water partition coefficient (Wildman–Crippen LogP) is 3.96. The lowest BCUT2D eigenvalue weighted by Gasteiger charge is -2.16. The quantitative estimate of drug-likeness (QED) is 0.490. The van der Waals surface area contributed by atoms with Crippen LogP contribution in [0.1, 0.15) is 11.9 Å². The molecule has 0 saturated heterocycles. The van der Waals surface area contributed by atoms with Gasteiger partial charge >= 0.3 is 0 Å². The van der Waals surface area contributed by atoms with Crippen LogP contribution in [0.25, 0.3) is 10.2 Å². The molecule has 1 heterocycles. The van der Waals surface area contributed by atoms with Gasteiger partial charge in [0.1, 0.15) is 11.8 Å². The molecule has 140 valence electrons. The fourth-order valence-corrected chi connectivity index (χ4v) is 3.45. The topological polar surface area (TPSA) is 106 Å². The summed E-state index contributed by atoms with van der Waals surface area (Å²) < 4.78 is 6.18. The molecule has 0 aliphatic rings. The second-order valence-electron chi connectivity index (χ2n) is 5.91. The van der Waals surface area contributed by atoms with E-state index in [2.05, 4.69) is 15.6 Å². The first-order valence-corrected chi connectivity index (χ1v) is 8.96. The van der Waals surface area contributed by atoms with Crippen molar-refractivity contribution in [3.05, 3.63) is 51.5 Å². The Balaban J connectivity index is 1.72. The summed E-state index contributed by atoms with van der Waals surface area (Å²) in [6.45, 7) is 3.68. The number of carbonyl (C=O) groups excluding carboxylic acids is 1. The maximum Gasteiger partial charge on any atom is 0.273 e. The molecule has 1 atom stereocenters. The maximum atomic E-state index is 12.5. The van der Waals surface area contributed by atoms with Crippen LogP contribution in [0, 0.1) is 17.0 Å². The molecule has 0 unspecified atom stereocenters. The van der Waals surface area contributed by atoms with Gasteiger partial charge in [0.05, 0.1) is 39.0 Å². The molecule has 0 bridgehead atoms. The number of ether oxygens (including phenoxy) is 1. The van der Waals surface area contributed by atoms with Crippen LogP contribution in [0.4, 0.5) is 17.1 Å². The van der Waals surface area contributed by atoms with Crippen LogP contribution in [0.5, 0.6) is 5.75 Å². The van der Waals surface area contributed by atoms with E-state index in [1.54, 1.807) is 18.3 Å². The third kappa shape index (κ3) is 4.14. The Kier molecular flexibility index (Phi) is 5.22. The number of hydrogen-bond acceptors (Lipinski definition) is 7. The van der Waals surface area contributed by atoms with Crippen molar-refractivity contribution in [2.45, 2.75) is 19.9 Å². The van der Waals surface area contributed by atoms with Gasteiger partial charge in [0.15, 0.2) is 0 Å². The summed E-state index contributed by atoms with van der Waals surface area (Å²) in [5, 5.41) is 17.7. The highest BCUT2D eigenvalue weighted by Gasteiger charge is 2.17. The number of aryl methyl sites for hydroxylation is 1. The van der Waals surface area contributed by atoms with E-state index in [-0.39, 0.29) is 17.3 Å². The number of nitrogens with one attached hydrogen (secondary N) is 2. The maximum absolute atomic E-state index is 12.5. The third-order valence-electron chi connectivity index (χ3n) is 3.93. The second kappa shape index (κ2) is 7.58. The fourth-order valence-electron chi connectivity index (χ4n) is 2.58. The highest BCUT2D eigenvalue weighted by molar-refractivity contribution is 7.18. The highest BCUT2D eigenvalue weighted by atomic mass is 32.1. The molecule has 0 aliphatic carbocycles. The SMILES string of the molecule is COc1cc([N+](=O)[O-])ccc1NC(=O)[C@@H](C)Nc1ccc2nc(C)sc2c1. The average molecular weight is 386 g/mol. The van der Waals surface area contributed by atoms with E-state index in [4.69, 9.17) is 4.74 Å². The average Bonchev–Trinajstić information content (AvgIpc) is 3.01. The van der Waals surface area contributed by atoms with Crippen molar-refractivity contribution >= 4 is 44.5 Å². The smallest absolute Gasteiger partial charge is 0.273 e. The summed E-state index contributed by atoms with van der Waals surface area (Å²) in [6, 6.07) is 9.24. The van der Waals surface area contributed by atoms with Gasteiger partial charge in [-0.15, -0.1) is 11.3 Å². The summed E-state index contributed by atoms with van der Waals surface area (Å²) in [5.74, 6) is -0.0611. The number of non-ortho nitro benzene ring substituents is 1. The van der Waals surface area contributed by atoms with Gasteiger partial charge in [0, 0.05) is 11.8 Å². The molecule has 2 aromatic carbocycles.